The van der Waals surface area contributed by atoms with Crippen LogP contribution < -0.4 is 5.73 Å². The topological polar surface area (TPSA) is 55.6 Å². The first-order chi connectivity index (χ1) is 10.6. The second kappa shape index (κ2) is 5.92. The molecule has 0 radical (unpaired) electrons. The van der Waals surface area contributed by atoms with Gasteiger partial charge in [0.25, 0.3) is 5.91 Å². The molecule has 0 aromatic heterocycles. The van der Waals surface area contributed by atoms with Crippen LogP contribution in [-0.4, -0.2) is 36.6 Å². The Balaban J connectivity index is 1.77. The molecule has 2 atom stereocenters. The Morgan fingerprint density at radius 2 is 2.14 bits per heavy atom. The first-order valence-corrected chi connectivity index (χ1v) is 8.33. The maximum Gasteiger partial charge on any atom is 0.253 e. The monoisotopic (exact) mass is 302 g/mol. The van der Waals surface area contributed by atoms with E-state index in [-0.39, 0.29) is 11.3 Å². The van der Waals surface area contributed by atoms with Crippen LogP contribution in [0.5, 0.6) is 0 Å². The van der Waals surface area contributed by atoms with E-state index in [0.717, 1.165) is 13.0 Å². The molecular formula is C18H26N2O2. The Morgan fingerprint density at radius 1 is 1.41 bits per heavy atom. The summed E-state index contributed by atoms with van der Waals surface area (Å²) >= 11 is 0. The summed E-state index contributed by atoms with van der Waals surface area (Å²) in [5, 5.41) is 0. The van der Waals surface area contributed by atoms with Gasteiger partial charge < -0.3 is 15.4 Å². The van der Waals surface area contributed by atoms with Gasteiger partial charge in [0.15, 0.2) is 0 Å². The average Bonchev–Trinajstić information content (AvgIpc) is 3.02. The third-order valence-corrected chi connectivity index (χ3v) is 5.57. The second-order valence-corrected chi connectivity index (χ2v) is 6.68. The normalized spacial score (nSPS) is 25.9. The fourth-order valence-electron chi connectivity index (χ4n) is 4.41. The van der Waals surface area contributed by atoms with Crippen LogP contribution in [0.3, 0.4) is 0 Å². The molecule has 2 N–H and O–H groups in total. The minimum atomic E-state index is 0.0681. The smallest absolute Gasteiger partial charge is 0.253 e. The van der Waals surface area contributed by atoms with Crippen molar-refractivity contribution in [2.45, 2.75) is 51.2 Å². The van der Waals surface area contributed by atoms with Gasteiger partial charge in [-0.1, -0.05) is 18.9 Å². The Kier molecular flexibility index (Phi) is 4.13. The minimum absolute atomic E-state index is 0.0681. The third-order valence-electron chi connectivity index (χ3n) is 5.57. The van der Waals surface area contributed by atoms with Crippen LogP contribution in [0.1, 0.15) is 49.4 Å². The lowest BCUT2D eigenvalue weighted by Crippen LogP contribution is -2.64. The average molecular weight is 302 g/mol. The van der Waals surface area contributed by atoms with Gasteiger partial charge in [-0.3, -0.25) is 4.79 Å². The largest absolute Gasteiger partial charge is 0.399 e. The number of ether oxygens (including phenoxy) is 1. The van der Waals surface area contributed by atoms with Gasteiger partial charge in [0.1, 0.15) is 0 Å². The van der Waals surface area contributed by atoms with Crippen LogP contribution >= 0.6 is 0 Å². The minimum Gasteiger partial charge on any atom is -0.399 e. The van der Waals surface area contributed by atoms with E-state index in [1.54, 1.807) is 6.07 Å². The zero-order chi connectivity index (χ0) is 15.7. The lowest BCUT2D eigenvalue weighted by atomic mass is 9.60. The van der Waals surface area contributed by atoms with Crippen LogP contribution in [0, 0.1) is 5.41 Å². The van der Waals surface area contributed by atoms with Crippen molar-refractivity contribution in [2.75, 3.05) is 19.4 Å². The number of hydrogen-bond acceptors (Lipinski definition) is 3. The number of carbonyl (C=O) groups is 1. The van der Waals surface area contributed by atoms with E-state index in [2.05, 4.69) is 6.92 Å². The van der Waals surface area contributed by atoms with Crippen LogP contribution in [0.15, 0.2) is 24.3 Å². The van der Waals surface area contributed by atoms with Crippen LogP contribution in [0.25, 0.3) is 0 Å². The van der Waals surface area contributed by atoms with Crippen molar-refractivity contribution in [2.24, 2.45) is 5.41 Å². The summed E-state index contributed by atoms with van der Waals surface area (Å²) in [4.78, 5) is 14.7. The molecule has 0 bridgehead atoms. The van der Waals surface area contributed by atoms with Crippen molar-refractivity contribution in [1.29, 1.82) is 0 Å². The van der Waals surface area contributed by atoms with Crippen molar-refractivity contribution in [3.05, 3.63) is 29.8 Å². The highest BCUT2D eigenvalue weighted by atomic mass is 16.5. The molecule has 0 saturated heterocycles. The molecule has 2 unspecified atom stereocenters. The van der Waals surface area contributed by atoms with E-state index < -0.39 is 0 Å². The number of rotatable bonds is 4. The van der Waals surface area contributed by atoms with Crippen molar-refractivity contribution in [3.8, 4) is 0 Å². The van der Waals surface area contributed by atoms with E-state index in [4.69, 9.17) is 10.5 Å². The van der Waals surface area contributed by atoms with Gasteiger partial charge in [0.2, 0.25) is 0 Å². The predicted molar refractivity (Wildman–Crippen MR) is 87.7 cm³/mol. The van der Waals surface area contributed by atoms with E-state index in [1.807, 2.05) is 30.1 Å². The number of anilines is 1. The molecule has 1 amide bonds. The Bertz CT molecular complexity index is 552. The fraction of sp³-hybridized carbons (Fsp3) is 0.611. The molecule has 1 spiro atoms. The van der Waals surface area contributed by atoms with Gasteiger partial charge in [0.05, 0.1) is 6.10 Å². The molecule has 22 heavy (non-hydrogen) atoms. The Labute approximate surface area is 132 Å². The summed E-state index contributed by atoms with van der Waals surface area (Å²) in [5.74, 6) is 0.0681. The summed E-state index contributed by atoms with van der Waals surface area (Å²) in [5.41, 5.74) is 7.30. The fourth-order valence-corrected chi connectivity index (χ4v) is 4.41. The Morgan fingerprint density at radius 3 is 2.77 bits per heavy atom. The molecule has 4 heteroatoms. The van der Waals surface area contributed by atoms with Gasteiger partial charge >= 0.3 is 0 Å². The van der Waals surface area contributed by atoms with Gasteiger partial charge in [0, 0.05) is 36.4 Å². The Hall–Kier alpha value is -1.55. The third kappa shape index (κ3) is 2.39. The highest BCUT2D eigenvalue weighted by Crippen LogP contribution is 2.56. The predicted octanol–water partition coefficient (Wildman–Crippen LogP) is 3.08. The number of benzene rings is 1. The van der Waals surface area contributed by atoms with Crippen LogP contribution in [-0.2, 0) is 4.74 Å². The molecule has 2 saturated carbocycles. The van der Waals surface area contributed by atoms with E-state index in [9.17, 15) is 4.79 Å². The summed E-state index contributed by atoms with van der Waals surface area (Å²) < 4.78 is 5.94. The molecule has 1 aromatic carbocycles. The molecule has 0 aliphatic heterocycles. The molecule has 3 rings (SSSR count). The number of nitrogens with zero attached hydrogens (tertiary/aromatic N) is 1. The first-order valence-electron chi connectivity index (χ1n) is 8.33. The molecule has 1 aromatic rings. The summed E-state index contributed by atoms with van der Waals surface area (Å²) in [6, 6.07) is 7.55. The van der Waals surface area contributed by atoms with E-state index in [1.165, 1.54) is 25.7 Å². The molecular weight excluding hydrogens is 276 g/mol. The molecule has 2 aliphatic rings. The lowest BCUT2D eigenvalue weighted by Gasteiger charge is -2.57. The van der Waals surface area contributed by atoms with Crippen molar-refractivity contribution in [1.82, 2.24) is 4.90 Å². The molecule has 4 nitrogen and oxygen atoms in total. The van der Waals surface area contributed by atoms with E-state index >= 15 is 0 Å². The maximum absolute atomic E-state index is 12.8. The summed E-state index contributed by atoms with van der Waals surface area (Å²) in [6.45, 7) is 2.81. The first kappa shape index (κ1) is 15.3. The standard InChI is InChI=1S/C18H26N2O2/c1-3-22-16-12-15(18(16)9-4-5-10-18)20(2)17(21)13-7-6-8-14(19)11-13/h6-8,11,15-16H,3-5,9-10,12,19H2,1-2H3. The van der Waals surface area contributed by atoms with Gasteiger partial charge in [-0.15, -0.1) is 0 Å². The number of hydrogen-bond donors (Lipinski definition) is 1. The van der Waals surface area contributed by atoms with Crippen LogP contribution in [0.4, 0.5) is 5.69 Å². The van der Waals surface area contributed by atoms with Crippen molar-refractivity contribution < 1.29 is 9.53 Å². The zero-order valence-corrected chi connectivity index (χ0v) is 13.5. The summed E-state index contributed by atoms with van der Waals surface area (Å²) in [6.07, 6.45) is 6.13. The molecule has 0 heterocycles. The van der Waals surface area contributed by atoms with Gasteiger partial charge in [-0.25, -0.2) is 0 Å². The quantitative estimate of drug-likeness (QED) is 0.870. The molecule has 2 aliphatic carbocycles. The molecule has 2 fully saturated rings. The van der Waals surface area contributed by atoms with Crippen molar-refractivity contribution in [3.63, 3.8) is 0 Å². The number of nitrogens with two attached hydrogens (primary N) is 1. The van der Waals surface area contributed by atoms with Gasteiger partial charge in [-0.05, 0) is 44.4 Å². The lowest BCUT2D eigenvalue weighted by molar-refractivity contribution is -0.152. The highest BCUT2D eigenvalue weighted by molar-refractivity contribution is 5.95. The number of amides is 1. The van der Waals surface area contributed by atoms with E-state index in [0.29, 0.717) is 23.4 Å². The SMILES string of the molecule is CCOC1CC(N(C)C(=O)c2cccc(N)c2)C12CCCC2. The van der Waals surface area contributed by atoms with Gasteiger partial charge in [-0.2, -0.15) is 0 Å². The second-order valence-electron chi connectivity index (χ2n) is 6.68. The van der Waals surface area contributed by atoms with Crippen LogP contribution in [0.2, 0.25) is 0 Å². The van der Waals surface area contributed by atoms with Crippen molar-refractivity contribution >= 4 is 11.6 Å². The zero-order valence-electron chi connectivity index (χ0n) is 13.5. The maximum atomic E-state index is 12.8. The molecule has 120 valence electrons. The summed E-state index contributed by atoms with van der Waals surface area (Å²) in [7, 11) is 1.93. The number of carbonyl (C=O) groups excluding carboxylic acids is 1. The highest BCUT2D eigenvalue weighted by Gasteiger charge is 2.58. The number of nitrogen functional groups attached to an aromatic ring is 1.